The van der Waals surface area contributed by atoms with Crippen LogP contribution in [0.4, 0.5) is 5.69 Å². The van der Waals surface area contributed by atoms with Gasteiger partial charge in [-0.3, -0.25) is 9.69 Å². The normalized spacial score (nSPS) is 15.4. The van der Waals surface area contributed by atoms with Crippen molar-refractivity contribution in [1.29, 1.82) is 0 Å². The molecule has 4 nitrogen and oxygen atoms in total. The Kier molecular flexibility index (Phi) is 6.55. The van der Waals surface area contributed by atoms with Crippen molar-refractivity contribution in [2.75, 3.05) is 12.0 Å². The molecule has 0 fully saturated rings. The van der Waals surface area contributed by atoms with Crippen LogP contribution in [-0.4, -0.2) is 19.0 Å². The number of anilines is 1. The summed E-state index contributed by atoms with van der Waals surface area (Å²) in [6.07, 6.45) is 4.97. The second-order valence-electron chi connectivity index (χ2n) is 6.97. The van der Waals surface area contributed by atoms with E-state index in [1.54, 1.807) is 42.2 Å². The monoisotopic (exact) mass is 409 g/mol. The minimum atomic E-state index is -0.530. The highest BCUT2D eigenvalue weighted by Gasteiger charge is 2.37. The molecule has 0 spiro atoms. The summed E-state index contributed by atoms with van der Waals surface area (Å²) in [7, 11) is 1.32. The van der Waals surface area contributed by atoms with Gasteiger partial charge in [-0.05, 0) is 61.2 Å². The van der Waals surface area contributed by atoms with Gasteiger partial charge in [-0.15, -0.1) is 0 Å². The van der Waals surface area contributed by atoms with Gasteiger partial charge in [-0.2, -0.15) is 0 Å². The molecule has 2 aromatic rings. The van der Waals surface area contributed by atoms with Gasteiger partial charge in [0.2, 0.25) is 0 Å². The Bertz CT molecular complexity index is 972. The van der Waals surface area contributed by atoms with E-state index in [0.29, 0.717) is 16.3 Å². The molecule has 0 aromatic heterocycles. The van der Waals surface area contributed by atoms with E-state index in [9.17, 15) is 9.59 Å². The first-order chi connectivity index (χ1) is 14.0. The molecule has 1 aliphatic heterocycles. The number of carbonyl (C=O) groups is 2. The first-order valence-electron chi connectivity index (χ1n) is 9.66. The highest BCUT2D eigenvalue weighted by Crippen LogP contribution is 2.35. The average Bonchev–Trinajstić information content (AvgIpc) is 2.97. The van der Waals surface area contributed by atoms with Crippen LogP contribution in [0, 0.1) is 0 Å². The summed E-state index contributed by atoms with van der Waals surface area (Å²) in [6.45, 7) is 3.92. The van der Waals surface area contributed by atoms with Crippen LogP contribution in [0.1, 0.15) is 37.8 Å². The molecule has 0 unspecified atom stereocenters. The zero-order valence-electron chi connectivity index (χ0n) is 16.9. The van der Waals surface area contributed by atoms with Gasteiger partial charge in [0.15, 0.2) is 0 Å². The van der Waals surface area contributed by atoms with Crippen molar-refractivity contribution in [2.45, 2.75) is 33.1 Å². The van der Waals surface area contributed by atoms with Crippen molar-refractivity contribution < 1.29 is 14.3 Å². The number of hydrogen-bond acceptors (Lipinski definition) is 3. The van der Waals surface area contributed by atoms with Crippen molar-refractivity contribution in [1.82, 2.24) is 0 Å². The number of halogens is 1. The zero-order valence-corrected chi connectivity index (χ0v) is 17.6. The minimum absolute atomic E-state index is 0.251. The van der Waals surface area contributed by atoms with Crippen molar-refractivity contribution in [3.8, 4) is 0 Å². The Morgan fingerprint density at radius 2 is 1.76 bits per heavy atom. The predicted octanol–water partition coefficient (Wildman–Crippen LogP) is 5.56. The van der Waals surface area contributed by atoms with Crippen molar-refractivity contribution in [3.63, 3.8) is 0 Å². The number of unbranched alkanes of at least 4 members (excludes halogenated alkanes) is 1. The van der Waals surface area contributed by atoms with E-state index in [1.807, 2.05) is 24.3 Å². The first kappa shape index (κ1) is 20.9. The van der Waals surface area contributed by atoms with E-state index in [-0.39, 0.29) is 11.5 Å². The molecular weight excluding hydrogens is 386 g/mol. The van der Waals surface area contributed by atoms with Crippen LogP contribution in [0.3, 0.4) is 0 Å². The quantitative estimate of drug-likeness (QED) is 0.463. The largest absolute Gasteiger partial charge is 0.465 e. The molecule has 29 heavy (non-hydrogen) atoms. The topological polar surface area (TPSA) is 46.6 Å². The van der Waals surface area contributed by atoms with Crippen LogP contribution >= 0.6 is 11.6 Å². The van der Waals surface area contributed by atoms with Crippen molar-refractivity contribution in [3.05, 3.63) is 81.5 Å². The van der Waals surface area contributed by atoms with Gasteiger partial charge >= 0.3 is 5.97 Å². The van der Waals surface area contributed by atoms with E-state index < -0.39 is 5.97 Å². The van der Waals surface area contributed by atoms with Crippen LogP contribution in [0.25, 0.3) is 6.08 Å². The second-order valence-corrected chi connectivity index (χ2v) is 7.41. The fraction of sp³-hybridized carbons (Fsp3) is 0.250. The van der Waals surface area contributed by atoms with Gasteiger partial charge in [0, 0.05) is 16.4 Å². The lowest BCUT2D eigenvalue weighted by molar-refractivity contribution is -0.136. The second kappa shape index (κ2) is 9.10. The van der Waals surface area contributed by atoms with Gasteiger partial charge in [-0.1, -0.05) is 49.2 Å². The van der Waals surface area contributed by atoms with Gasteiger partial charge in [0.25, 0.3) is 5.91 Å². The molecule has 0 bridgehead atoms. The lowest BCUT2D eigenvalue weighted by Gasteiger charge is -2.18. The number of carbonyl (C=O) groups excluding carboxylic acids is 2. The molecule has 150 valence electrons. The number of esters is 1. The summed E-state index contributed by atoms with van der Waals surface area (Å²) in [4.78, 5) is 27.3. The third-order valence-corrected chi connectivity index (χ3v) is 5.24. The molecule has 0 saturated carbocycles. The molecule has 0 atom stereocenters. The Morgan fingerprint density at radius 1 is 1.10 bits per heavy atom. The molecule has 0 N–H and O–H groups in total. The van der Waals surface area contributed by atoms with E-state index in [4.69, 9.17) is 16.3 Å². The summed E-state index contributed by atoms with van der Waals surface area (Å²) < 4.78 is 4.95. The number of allylic oxidation sites excluding steroid dienone is 1. The molecule has 1 heterocycles. The van der Waals surface area contributed by atoms with Crippen LogP contribution < -0.4 is 4.90 Å². The number of hydrogen-bond donors (Lipinski definition) is 0. The lowest BCUT2D eigenvalue weighted by atomic mass is 10.0. The molecular formula is C24H24ClNO3. The minimum Gasteiger partial charge on any atom is -0.465 e. The molecule has 1 aliphatic rings. The zero-order chi connectivity index (χ0) is 21.0. The summed E-state index contributed by atoms with van der Waals surface area (Å²) in [5.41, 5.74) is 3.89. The molecule has 0 saturated heterocycles. The number of aryl methyl sites for hydroxylation is 1. The molecule has 3 rings (SSSR count). The summed E-state index contributed by atoms with van der Waals surface area (Å²) in [6, 6.07) is 15.0. The lowest BCUT2D eigenvalue weighted by Crippen LogP contribution is -2.24. The smallest absolute Gasteiger partial charge is 0.340 e. The van der Waals surface area contributed by atoms with E-state index in [2.05, 4.69) is 6.92 Å². The van der Waals surface area contributed by atoms with E-state index in [1.165, 1.54) is 12.7 Å². The first-order valence-corrected chi connectivity index (χ1v) is 10.0. The third-order valence-electron chi connectivity index (χ3n) is 4.98. The van der Waals surface area contributed by atoms with Crippen LogP contribution in [0.2, 0.25) is 5.02 Å². The highest BCUT2D eigenvalue weighted by atomic mass is 35.5. The summed E-state index contributed by atoms with van der Waals surface area (Å²) in [5.74, 6) is -0.780. The molecule has 0 aliphatic carbocycles. The number of methoxy groups -OCH3 is 1. The molecule has 1 amide bonds. The number of rotatable bonds is 6. The maximum atomic E-state index is 13.3. The molecule has 2 aromatic carbocycles. The van der Waals surface area contributed by atoms with Gasteiger partial charge in [0.1, 0.15) is 0 Å². The fourth-order valence-corrected chi connectivity index (χ4v) is 3.54. The summed E-state index contributed by atoms with van der Waals surface area (Å²) in [5, 5.41) is 0.606. The predicted molar refractivity (Wildman–Crippen MR) is 117 cm³/mol. The van der Waals surface area contributed by atoms with Gasteiger partial charge in [0.05, 0.1) is 18.3 Å². The number of benzene rings is 2. The van der Waals surface area contributed by atoms with E-state index >= 15 is 0 Å². The van der Waals surface area contributed by atoms with Crippen molar-refractivity contribution >= 4 is 35.2 Å². The maximum absolute atomic E-state index is 13.3. The van der Waals surface area contributed by atoms with Crippen molar-refractivity contribution in [2.24, 2.45) is 0 Å². The SMILES string of the molecule is CCCCc1ccc(N2C(=O)C(=Cc3ccc(Cl)cc3)C(C(=O)OC)=C2C)cc1. The Balaban J connectivity index is 2.01. The highest BCUT2D eigenvalue weighted by molar-refractivity contribution is 6.30. The Labute approximate surface area is 176 Å². The average molecular weight is 410 g/mol. The van der Waals surface area contributed by atoms with E-state index in [0.717, 1.165) is 30.5 Å². The Morgan fingerprint density at radius 3 is 2.34 bits per heavy atom. The van der Waals surface area contributed by atoms with Crippen LogP contribution in [0.5, 0.6) is 0 Å². The third kappa shape index (κ3) is 4.43. The molecule has 0 radical (unpaired) electrons. The van der Waals surface area contributed by atoms with Gasteiger partial charge < -0.3 is 4.74 Å². The number of nitrogens with zero attached hydrogens (tertiary/aromatic N) is 1. The number of ether oxygens (including phenoxy) is 1. The maximum Gasteiger partial charge on any atom is 0.340 e. The number of amides is 1. The van der Waals surface area contributed by atoms with Gasteiger partial charge in [-0.25, -0.2) is 4.79 Å². The van der Waals surface area contributed by atoms with Crippen LogP contribution in [-0.2, 0) is 20.7 Å². The molecule has 5 heteroatoms. The fourth-order valence-electron chi connectivity index (χ4n) is 3.41. The standard InChI is InChI=1S/C24H24ClNO3/c1-4-5-6-17-9-13-20(14-10-17)26-16(2)22(24(28)29-3)21(23(26)27)15-18-7-11-19(25)12-8-18/h7-15H,4-6H2,1-3H3. The Hall–Kier alpha value is -2.85. The summed E-state index contributed by atoms with van der Waals surface area (Å²) >= 11 is 5.95. The van der Waals surface area contributed by atoms with Crippen LogP contribution in [0.15, 0.2) is 65.4 Å².